The molecule has 0 aromatic rings. The predicted octanol–water partition coefficient (Wildman–Crippen LogP) is 28.1. The van der Waals surface area contributed by atoms with E-state index in [4.69, 9.17) is 4.74 Å². The minimum atomic E-state index is -0.662. The summed E-state index contributed by atoms with van der Waals surface area (Å²) in [6.45, 7) is 5.03. The summed E-state index contributed by atoms with van der Waals surface area (Å²) in [7, 11) is 0. The van der Waals surface area contributed by atoms with Crippen LogP contribution in [0.25, 0.3) is 0 Å². The normalized spacial score (nSPS) is 12.4. The number of nitrogens with one attached hydrogen (secondary N) is 1. The van der Waals surface area contributed by atoms with Crippen LogP contribution in [0.4, 0.5) is 0 Å². The minimum absolute atomic E-state index is 0.0231. The van der Waals surface area contributed by atoms with Crippen molar-refractivity contribution in [3.8, 4) is 0 Å². The summed E-state index contributed by atoms with van der Waals surface area (Å²) >= 11 is 0. The molecule has 0 bridgehead atoms. The van der Waals surface area contributed by atoms with Gasteiger partial charge in [0.1, 0.15) is 0 Å². The standard InChI is InChI=1S/C84H167NO5/c1-3-5-7-9-11-13-15-17-19-20-21-22-23-33-36-39-42-45-49-52-56-60-64-68-72-76-82(87)81(80-86)85-83(88)77-73-69-65-61-57-53-50-46-43-40-37-34-31-29-27-25-24-26-28-30-32-35-38-41-44-47-51-55-59-63-67-71-75-79-90-84(89)78-74-70-66-62-58-54-48-18-16-14-12-10-8-6-4-2/h81-82,86-87H,3-80H2,1-2H3,(H,85,88). The zero-order valence-corrected chi connectivity index (χ0v) is 61.9. The molecule has 6 nitrogen and oxygen atoms in total. The van der Waals surface area contributed by atoms with Crippen molar-refractivity contribution in [1.29, 1.82) is 0 Å². The zero-order chi connectivity index (χ0) is 64.9. The second kappa shape index (κ2) is 80.3. The van der Waals surface area contributed by atoms with Crippen molar-refractivity contribution >= 4 is 11.9 Å². The number of aliphatic hydroxyl groups excluding tert-OH is 2. The first-order valence-corrected chi connectivity index (χ1v) is 42.3. The van der Waals surface area contributed by atoms with Gasteiger partial charge in [-0.25, -0.2) is 0 Å². The lowest BCUT2D eigenvalue weighted by atomic mass is 10.0. The van der Waals surface area contributed by atoms with E-state index >= 15 is 0 Å². The summed E-state index contributed by atoms with van der Waals surface area (Å²) in [5, 5.41) is 23.5. The Bertz CT molecular complexity index is 1320. The molecule has 0 aliphatic heterocycles. The first-order valence-electron chi connectivity index (χ1n) is 42.3. The Morgan fingerprint density at radius 3 is 0.678 bits per heavy atom. The molecule has 0 rings (SSSR count). The van der Waals surface area contributed by atoms with Crippen LogP contribution in [0.15, 0.2) is 0 Å². The predicted molar refractivity (Wildman–Crippen MR) is 398 cm³/mol. The molecule has 0 spiro atoms. The van der Waals surface area contributed by atoms with Crippen molar-refractivity contribution in [3.05, 3.63) is 0 Å². The molecule has 2 atom stereocenters. The van der Waals surface area contributed by atoms with Gasteiger partial charge < -0.3 is 20.3 Å². The summed E-state index contributed by atoms with van der Waals surface area (Å²) in [5.41, 5.74) is 0. The van der Waals surface area contributed by atoms with E-state index in [1.54, 1.807) is 0 Å². The highest BCUT2D eigenvalue weighted by Crippen LogP contribution is 2.21. The van der Waals surface area contributed by atoms with Crippen molar-refractivity contribution in [2.75, 3.05) is 13.2 Å². The number of ether oxygens (including phenoxy) is 1. The molecule has 0 saturated heterocycles. The highest BCUT2D eigenvalue weighted by molar-refractivity contribution is 5.76. The molecule has 90 heavy (non-hydrogen) atoms. The van der Waals surface area contributed by atoms with Gasteiger partial charge in [-0.15, -0.1) is 0 Å². The lowest BCUT2D eigenvalue weighted by molar-refractivity contribution is -0.143. The first kappa shape index (κ1) is 88.9. The summed E-state index contributed by atoms with van der Waals surface area (Å²) in [4.78, 5) is 24.7. The maximum atomic E-state index is 12.6. The van der Waals surface area contributed by atoms with E-state index in [-0.39, 0.29) is 18.5 Å². The fourth-order valence-corrected chi connectivity index (χ4v) is 14.0. The molecule has 6 heteroatoms. The van der Waals surface area contributed by atoms with E-state index in [0.29, 0.717) is 25.9 Å². The monoisotopic (exact) mass is 1270 g/mol. The third kappa shape index (κ3) is 75.9. The summed E-state index contributed by atoms with van der Waals surface area (Å²) in [5.74, 6) is 0.00326. The number of carbonyl (C=O) groups excluding carboxylic acids is 2. The quantitative estimate of drug-likeness (QED) is 0.0417. The molecule has 0 radical (unpaired) electrons. The lowest BCUT2D eigenvalue weighted by Gasteiger charge is -2.22. The number of hydrogen-bond donors (Lipinski definition) is 3. The summed E-state index contributed by atoms with van der Waals surface area (Å²) in [6.07, 6.45) is 101. The SMILES string of the molecule is CCCCCCCCCCCCCCCCCCCCCCCCCCCC(O)C(CO)NC(=O)CCCCCCCCCCCCCCCCCCCCCCCCCCCCCCCCCCCOC(=O)CCCCCCCCCCCCCCCCC. The number of rotatable bonds is 81. The molecular formula is C84H167NO5. The Morgan fingerprint density at radius 1 is 0.267 bits per heavy atom. The molecule has 0 aliphatic rings. The summed E-state index contributed by atoms with van der Waals surface area (Å²) in [6, 6.07) is -0.538. The fraction of sp³-hybridized carbons (Fsp3) is 0.976. The summed E-state index contributed by atoms with van der Waals surface area (Å²) < 4.78 is 5.51. The highest BCUT2D eigenvalue weighted by atomic mass is 16.5. The molecule has 0 fully saturated rings. The molecule has 0 saturated carbocycles. The maximum absolute atomic E-state index is 12.6. The number of unbranched alkanes of at least 4 members (excludes halogenated alkanes) is 70. The molecule has 2 unspecified atom stereocenters. The van der Waals surface area contributed by atoms with Gasteiger partial charge in [0, 0.05) is 12.8 Å². The van der Waals surface area contributed by atoms with Gasteiger partial charge in [0.05, 0.1) is 25.4 Å². The number of esters is 1. The van der Waals surface area contributed by atoms with Crippen LogP contribution < -0.4 is 5.32 Å². The maximum Gasteiger partial charge on any atom is 0.305 e. The van der Waals surface area contributed by atoms with Gasteiger partial charge >= 0.3 is 5.97 Å². The smallest absolute Gasteiger partial charge is 0.305 e. The van der Waals surface area contributed by atoms with Gasteiger partial charge in [-0.05, 0) is 25.7 Å². The van der Waals surface area contributed by atoms with Gasteiger partial charge in [-0.3, -0.25) is 9.59 Å². The fourth-order valence-electron chi connectivity index (χ4n) is 14.0. The van der Waals surface area contributed by atoms with Gasteiger partial charge in [0.2, 0.25) is 5.91 Å². The van der Waals surface area contributed by atoms with Crippen LogP contribution in [-0.4, -0.2) is 47.4 Å². The first-order chi connectivity index (χ1) is 44.5. The second-order valence-corrected chi connectivity index (χ2v) is 29.5. The molecule has 0 heterocycles. The lowest BCUT2D eigenvalue weighted by Crippen LogP contribution is -2.45. The van der Waals surface area contributed by atoms with Gasteiger partial charge in [-0.1, -0.05) is 463 Å². The topological polar surface area (TPSA) is 95.9 Å². The Hall–Kier alpha value is -1.14. The van der Waals surface area contributed by atoms with Crippen molar-refractivity contribution in [1.82, 2.24) is 5.32 Å². The van der Waals surface area contributed by atoms with Crippen molar-refractivity contribution < 1.29 is 24.5 Å². The molecule has 3 N–H and O–H groups in total. The Morgan fingerprint density at radius 2 is 0.456 bits per heavy atom. The van der Waals surface area contributed by atoms with Crippen LogP contribution in [0, 0.1) is 0 Å². The second-order valence-electron chi connectivity index (χ2n) is 29.5. The van der Waals surface area contributed by atoms with Crippen LogP contribution in [0.5, 0.6) is 0 Å². The van der Waals surface area contributed by atoms with E-state index in [1.165, 1.54) is 430 Å². The molecule has 0 aliphatic carbocycles. The third-order valence-corrected chi connectivity index (χ3v) is 20.4. The van der Waals surface area contributed by atoms with Gasteiger partial charge in [-0.2, -0.15) is 0 Å². The van der Waals surface area contributed by atoms with Crippen molar-refractivity contribution in [2.24, 2.45) is 0 Å². The van der Waals surface area contributed by atoms with Crippen LogP contribution in [0.1, 0.15) is 502 Å². The minimum Gasteiger partial charge on any atom is -0.466 e. The molecular weight excluding hydrogens is 1100 g/mol. The van der Waals surface area contributed by atoms with E-state index in [9.17, 15) is 19.8 Å². The Balaban J connectivity index is 3.31. The Labute approximate surface area is 566 Å². The number of carbonyl (C=O) groups is 2. The molecule has 0 aromatic carbocycles. The van der Waals surface area contributed by atoms with E-state index in [0.717, 1.165) is 38.5 Å². The number of amides is 1. The largest absolute Gasteiger partial charge is 0.466 e. The van der Waals surface area contributed by atoms with E-state index in [2.05, 4.69) is 19.2 Å². The van der Waals surface area contributed by atoms with Gasteiger partial charge in [0.15, 0.2) is 0 Å². The van der Waals surface area contributed by atoms with Crippen LogP contribution in [0.2, 0.25) is 0 Å². The van der Waals surface area contributed by atoms with E-state index < -0.39 is 12.1 Å². The Kier molecular flexibility index (Phi) is 79.3. The molecule has 538 valence electrons. The van der Waals surface area contributed by atoms with Crippen molar-refractivity contribution in [3.63, 3.8) is 0 Å². The number of aliphatic hydroxyl groups is 2. The van der Waals surface area contributed by atoms with E-state index in [1.807, 2.05) is 0 Å². The molecule has 0 aromatic heterocycles. The van der Waals surface area contributed by atoms with Crippen LogP contribution in [-0.2, 0) is 14.3 Å². The van der Waals surface area contributed by atoms with Crippen molar-refractivity contribution in [2.45, 2.75) is 514 Å². The zero-order valence-electron chi connectivity index (χ0n) is 61.9. The highest BCUT2D eigenvalue weighted by Gasteiger charge is 2.20. The number of hydrogen-bond acceptors (Lipinski definition) is 5. The average molecular weight is 1270 g/mol. The third-order valence-electron chi connectivity index (χ3n) is 20.4. The van der Waals surface area contributed by atoms with Crippen LogP contribution >= 0.6 is 0 Å². The average Bonchev–Trinajstić information content (AvgIpc) is 3.55. The van der Waals surface area contributed by atoms with Gasteiger partial charge in [0.25, 0.3) is 0 Å². The van der Waals surface area contributed by atoms with Crippen LogP contribution in [0.3, 0.4) is 0 Å². The molecule has 1 amide bonds.